The van der Waals surface area contributed by atoms with Crippen LogP contribution in [0.3, 0.4) is 0 Å². The van der Waals surface area contributed by atoms with Gasteiger partial charge in [-0.3, -0.25) is 0 Å². The molecule has 2 N–H and O–H groups in total. The van der Waals surface area contributed by atoms with E-state index >= 15 is 0 Å². The summed E-state index contributed by atoms with van der Waals surface area (Å²) in [7, 11) is 0. The van der Waals surface area contributed by atoms with Gasteiger partial charge in [-0.25, -0.2) is 0 Å². The number of nitrogens with zero attached hydrogens (tertiary/aromatic N) is 1. The molecule has 122 valence electrons. The topological polar surface area (TPSA) is 29.3 Å². The van der Waals surface area contributed by atoms with Crippen LogP contribution in [0.1, 0.15) is 30.9 Å². The molecule has 0 radical (unpaired) electrons. The average Bonchev–Trinajstić information content (AvgIpc) is 2.38. The van der Waals surface area contributed by atoms with Gasteiger partial charge in [-0.05, 0) is 36.5 Å². The van der Waals surface area contributed by atoms with Crippen molar-refractivity contribution in [1.82, 2.24) is 0 Å². The molecule has 0 saturated carbocycles. The molecule has 1 fully saturated rings. The molecule has 1 aliphatic heterocycles. The lowest BCUT2D eigenvalue weighted by atomic mass is 9.97. The van der Waals surface area contributed by atoms with Crippen molar-refractivity contribution >= 4 is 30.5 Å². The first-order valence-electron chi connectivity index (χ1n) is 6.57. The Bertz CT molecular complexity index is 444. The Labute approximate surface area is 135 Å². The molecule has 0 bridgehead atoms. The van der Waals surface area contributed by atoms with Gasteiger partial charge in [0.2, 0.25) is 0 Å². The first-order valence-corrected chi connectivity index (χ1v) is 6.57. The highest BCUT2D eigenvalue weighted by molar-refractivity contribution is 5.85. The monoisotopic (exact) mass is 344 g/mol. The average molecular weight is 345 g/mol. The zero-order chi connectivity index (χ0) is 14.0. The predicted octanol–water partition coefficient (Wildman–Crippen LogP) is 4.24. The minimum atomic E-state index is -4.30. The number of rotatable bonds is 2. The lowest BCUT2D eigenvalue weighted by Crippen LogP contribution is -2.33. The number of anilines is 1. The van der Waals surface area contributed by atoms with Gasteiger partial charge in [0, 0.05) is 25.3 Å². The fourth-order valence-corrected chi connectivity index (χ4v) is 2.46. The van der Waals surface area contributed by atoms with E-state index in [1.54, 1.807) is 0 Å². The van der Waals surface area contributed by atoms with E-state index in [2.05, 4.69) is 6.92 Å². The molecule has 7 heteroatoms. The van der Waals surface area contributed by atoms with Crippen LogP contribution in [0.2, 0.25) is 0 Å². The Balaban J connectivity index is 0.00000200. The lowest BCUT2D eigenvalue weighted by molar-refractivity contribution is -0.137. The third kappa shape index (κ3) is 4.94. The van der Waals surface area contributed by atoms with Crippen molar-refractivity contribution < 1.29 is 13.2 Å². The second-order valence-corrected chi connectivity index (χ2v) is 5.21. The number of nitrogens with two attached hydrogens (primary N) is 1. The van der Waals surface area contributed by atoms with Crippen LogP contribution in [0.15, 0.2) is 18.2 Å². The van der Waals surface area contributed by atoms with Gasteiger partial charge in [0.1, 0.15) is 0 Å². The Morgan fingerprint density at radius 3 is 2.24 bits per heavy atom. The van der Waals surface area contributed by atoms with Crippen molar-refractivity contribution in [3.63, 3.8) is 0 Å². The second-order valence-electron chi connectivity index (χ2n) is 5.21. The first-order chi connectivity index (χ1) is 8.91. The molecule has 0 unspecified atom stereocenters. The summed E-state index contributed by atoms with van der Waals surface area (Å²) < 4.78 is 38.3. The summed E-state index contributed by atoms with van der Waals surface area (Å²) in [4.78, 5) is 2.03. The van der Waals surface area contributed by atoms with Crippen LogP contribution in [-0.2, 0) is 12.7 Å². The van der Waals surface area contributed by atoms with Crippen LogP contribution in [0.5, 0.6) is 0 Å². The SMILES string of the molecule is CC1CCN(c2cc(C(F)(F)F)ccc2CN)CC1.Cl.Cl. The number of halogens is 5. The van der Waals surface area contributed by atoms with Crippen molar-refractivity contribution in [1.29, 1.82) is 0 Å². The molecular weight excluding hydrogens is 324 g/mol. The molecule has 1 aliphatic rings. The normalized spacial score (nSPS) is 16.1. The molecule has 21 heavy (non-hydrogen) atoms. The molecular formula is C14H21Cl2F3N2. The van der Waals surface area contributed by atoms with Crippen LogP contribution in [-0.4, -0.2) is 13.1 Å². The van der Waals surface area contributed by atoms with Gasteiger partial charge >= 0.3 is 6.18 Å². The molecule has 1 aromatic rings. The quantitative estimate of drug-likeness (QED) is 0.869. The summed E-state index contributed by atoms with van der Waals surface area (Å²) in [5, 5.41) is 0. The predicted molar refractivity (Wildman–Crippen MR) is 84.4 cm³/mol. The number of alkyl halides is 3. The first kappa shape index (κ1) is 20.3. The van der Waals surface area contributed by atoms with E-state index in [1.165, 1.54) is 12.1 Å². The largest absolute Gasteiger partial charge is 0.416 e. The Kier molecular flexibility index (Phi) is 7.86. The van der Waals surface area contributed by atoms with E-state index < -0.39 is 11.7 Å². The third-order valence-corrected chi connectivity index (χ3v) is 3.76. The maximum Gasteiger partial charge on any atom is 0.416 e. The van der Waals surface area contributed by atoms with Crippen LogP contribution in [0.25, 0.3) is 0 Å². The highest BCUT2D eigenvalue weighted by Gasteiger charge is 2.31. The smallest absolute Gasteiger partial charge is 0.371 e. The van der Waals surface area contributed by atoms with Gasteiger partial charge in [0.05, 0.1) is 5.56 Å². The lowest BCUT2D eigenvalue weighted by Gasteiger charge is -2.33. The summed E-state index contributed by atoms with van der Waals surface area (Å²) in [5.41, 5.74) is 6.46. The van der Waals surface area contributed by atoms with Crippen LogP contribution >= 0.6 is 24.8 Å². The van der Waals surface area contributed by atoms with Crippen molar-refractivity contribution in [3.05, 3.63) is 29.3 Å². The van der Waals surface area contributed by atoms with Crippen LogP contribution < -0.4 is 10.6 Å². The van der Waals surface area contributed by atoms with Gasteiger partial charge in [-0.1, -0.05) is 13.0 Å². The Morgan fingerprint density at radius 2 is 1.76 bits per heavy atom. The Morgan fingerprint density at radius 1 is 1.19 bits per heavy atom. The Hall–Kier alpha value is -0.650. The molecule has 2 rings (SSSR count). The maximum absolute atomic E-state index is 12.8. The summed E-state index contributed by atoms with van der Waals surface area (Å²) in [6.45, 7) is 4.04. The summed E-state index contributed by atoms with van der Waals surface area (Å²) >= 11 is 0. The van der Waals surface area contributed by atoms with E-state index in [0.717, 1.165) is 37.6 Å². The molecule has 2 nitrogen and oxygen atoms in total. The van der Waals surface area contributed by atoms with Crippen LogP contribution in [0.4, 0.5) is 18.9 Å². The molecule has 1 saturated heterocycles. The molecule has 1 aromatic carbocycles. The zero-order valence-electron chi connectivity index (χ0n) is 11.8. The maximum atomic E-state index is 12.8. The number of hydrogen-bond donors (Lipinski definition) is 1. The summed E-state index contributed by atoms with van der Waals surface area (Å²) in [6, 6.07) is 3.84. The van der Waals surface area contributed by atoms with Crippen molar-refractivity contribution in [3.8, 4) is 0 Å². The van der Waals surface area contributed by atoms with E-state index in [1.807, 2.05) is 4.90 Å². The van der Waals surface area contributed by atoms with Gasteiger partial charge in [0.15, 0.2) is 0 Å². The minimum absolute atomic E-state index is 0. The van der Waals surface area contributed by atoms with Gasteiger partial charge in [-0.15, -0.1) is 24.8 Å². The van der Waals surface area contributed by atoms with Gasteiger partial charge in [0.25, 0.3) is 0 Å². The fourth-order valence-electron chi connectivity index (χ4n) is 2.46. The van der Waals surface area contributed by atoms with Crippen molar-refractivity contribution in [2.24, 2.45) is 11.7 Å². The van der Waals surface area contributed by atoms with Crippen molar-refractivity contribution in [2.75, 3.05) is 18.0 Å². The molecule has 0 aliphatic carbocycles. The number of benzene rings is 1. The molecule has 0 aromatic heterocycles. The number of hydrogen-bond acceptors (Lipinski definition) is 2. The second kappa shape index (κ2) is 8.11. The molecule has 0 atom stereocenters. The highest BCUT2D eigenvalue weighted by Crippen LogP contribution is 2.34. The summed E-state index contributed by atoms with van der Waals surface area (Å²) in [6.07, 6.45) is -2.27. The third-order valence-electron chi connectivity index (χ3n) is 3.76. The van der Waals surface area contributed by atoms with Crippen molar-refractivity contribution in [2.45, 2.75) is 32.5 Å². The molecule has 0 spiro atoms. The molecule has 0 amide bonds. The van der Waals surface area contributed by atoms with Gasteiger partial charge in [-0.2, -0.15) is 13.2 Å². The van der Waals surface area contributed by atoms with Gasteiger partial charge < -0.3 is 10.6 Å². The van der Waals surface area contributed by atoms with E-state index in [0.29, 0.717) is 11.6 Å². The zero-order valence-corrected chi connectivity index (χ0v) is 13.5. The standard InChI is InChI=1S/C14H19F3N2.2ClH/c1-10-4-6-19(7-5-10)13-8-12(14(15,16)17)3-2-11(13)9-18;;/h2-3,8,10H,4-7,9,18H2,1H3;2*1H. The minimum Gasteiger partial charge on any atom is -0.371 e. The fraction of sp³-hybridized carbons (Fsp3) is 0.571. The number of piperidine rings is 1. The van der Waals surface area contributed by atoms with Crippen LogP contribution in [0, 0.1) is 5.92 Å². The van der Waals surface area contributed by atoms with E-state index in [-0.39, 0.29) is 31.4 Å². The van der Waals surface area contributed by atoms with E-state index in [4.69, 9.17) is 5.73 Å². The summed E-state index contributed by atoms with van der Waals surface area (Å²) in [5.74, 6) is 0.642. The van der Waals surface area contributed by atoms with E-state index in [9.17, 15) is 13.2 Å². The highest BCUT2D eigenvalue weighted by atomic mass is 35.5. The molecule has 1 heterocycles.